The molecule has 0 aliphatic carbocycles. The van der Waals surface area contributed by atoms with Gasteiger partial charge in [0.2, 0.25) is 5.91 Å². The van der Waals surface area contributed by atoms with Crippen molar-refractivity contribution in [1.82, 2.24) is 9.78 Å². The molecule has 198 valence electrons. The molecule has 0 saturated heterocycles. The summed E-state index contributed by atoms with van der Waals surface area (Å²) in [7, 11) is -3.34. The van der Waals surface area contributed by atoms with Gasteiger partial charge >= 0.3 is 0 Å². The molecular weight excluding hydrogens is 524 g/mol. The topological polar surface area (TPSA) is 150 Å². The van der Waals surface area contributed by atoms with E-state index in [1.807, 2.05) is 30.3 Å². The van der Waals surface area contributed by atoms with Gasteiger partial charge in [-0.2, -0.15) is 5.10 Å². The van der Waals surface area contributed by atoms with E-state index in [0.29, 0.717) is 28.2 Å². The molecule has 0 bridgehead atoms. The summed E-state index contributed by atoms with van der Waals surface area (Å²) in [5, 5.41) is 16.2. The van der Waals surface area contributed by atoms with Gasteiger partial charge in [0.25, 0.3) is 5.09 Å². The lowest BCUT2D eigenvalue weighted by molar-refractivity contribution is -0.754. The van der Waals surface area contributed by atoms with Gasteiger partial charge in [-0.3, -0.25) is 9.59 Å². The van der Waals surface area contributed by atoms with Gasteiger partial charge in [0.1, 0.15) is 0 Å². The number of sulfone groups is 1. The first kappa shape index (κ1) is 26.9. The zero-order chi connectivity index (χ0) is 28.0. The smallest absolute Gasteiger partial charge is 0.295 e. The van der Waals surface area contributed by atoms with Gasteiger partial charge in [0, 0.05) is 34.8 Å². The highest BCUT2D eigenvalue weighted by Gasteiger charge is 2.13. The number of nitrogens with one attached hydrogen (secondary N) is 1. The highest BCUT2D eigenvalue weighted by Crippen LogP contribution is 2.25. The van der Waals surface area contributed by atoms with Crippen LogP contribution in [0.2, 0.25) is 0 Å². The molecule has 0 aliphatic heterocycles. The van der Waals surface area contributed by atoms with Crippen molar-refractivity contribution in [2.45, 2.75) is 4.90 Å². The van der Waals surface area contributed by atoms with Crippen LogP contribution in [-0.4, -0.2) is 47.8 Å². The average molecular weight is 547 g/mol. The largest absolute Gasteiger partial charge is 0.324 e. The summed E-state index contributed by atoms with van der Waals surface area (Å²) in [4.78, 5) is 38.9. The van der Waals surface area contributed by atoms with Gasteiger partial charge in [0.15, 0.2) is 22.2 Å². The van der Waals surface area contributed by atoms with Crippen LogP contribution in [0.4, 0.5) is 5.69 Å². The predicted molar refractivity (Wildman–Crippen MR) is 143 cm³/mol. The van der Waals surface area contributed by atoms with Crippen molar-refractivity contribution in [3.05, 3.63) is 112 Å². The summed E-state index contributed by atoms with van der Waals surface area (Å²) < 4.78 is 25.2. The van der Waals surface area contributed by atoms with Crippen molar-refractivity contribution in [3.63, 3.8) is 0 Å². The highest BCUT2D eigenvalue weighted by molar-refractivity contribution is 7.90. The fraction of sp³-hybridized carbons (Fsp3) is 0.0741. The third-order valence-electron chi connectivity index (χ3n) is 5.49. The van der Waals surface area contributed by atoms with Gasteiger partial charge in [0.05, 0.1) is 16.3 Å². The van der Waals surface area contributed by atoms with Crippen LogP contribution in [0.15, 0.2) is 96.0 Å². The van der Waals surface area contributed by atoms with Crippen molar-refractivity contribution in [1.29, 1.82) is 0 Å². The monoisotopic (exact) mass is 546 g/mol. The van der Waals surface area contributed by atoms with Crippen molar-refractivity contribution in [2.24, 2.45) is 0 Å². The first-order valence-electron chi connectivity index (χ1n) is 11.5. The zero-order valence-electron chi connectivity index (χ0n) is 20.6. The number of rotatable bonds is 10. The van der Waals surface area contributed by atoms with Crippen LogP contribution in [0.3, 0.4) is 0 Å². The minimum atomic E-state index is -3.34. The van der Waals surface area contributed by atoms with E-state index in [-0.39, 0.29) is 10.7 Å². The molecule has 0 unspecified atom stereocenters. The molecule has 1 heterocycles. The summed E-state index contributed by atoms with van der Waals surface area (Å²) in [6.07, 6.45) is 5.93. The van der Waals surface area contributed by atoms with Gasteiger partial charge in [-0.05, 0) is 60.7 Å². The molecule has 3 aromatic carbocycles. The van der Waals surface area contributed by atoms with Crippen LogP contribution in [0, 0.1) is 10.1 Å². The van der Waals surface area contributed by atoms with Crippen molar-refractivity contribution in [2.75, 3.05) is 18.2 Å². The number of benzene rings is 3. The molecule has 12 heteroatoms. The fourth-order valence-electron chi connectivity index (χ4n) is 3.60. The maximum Gasteiger partial charge on any atom is 0.295 e. The van der Waals surface area contributed by atoms with Crippen molar-refractivity contribution in [3.8, 4) is 16.9 Å². The molecule has 1 N–H and O–H groups in total. The van der Waals surface area contributed by atoms with Crippen LogP contribution >= 0.6 is 0 Å². The van der Waals surface area contributed by atoms with E-state index in [0.717, 1.165) is 11.8 Å². The molecule has 0 fully saturated rings. The van der Waals surface area contributed by atoms with E-state index in [2.05, 4.69) is 15.3 Å². The Morgan fingerprint density at radius 1 is 1.03 bits per heavy atom. The Kier molecular flexibility index (Phi) is 7.96. The lowest BCUT2D eigenvalue weighted by atomic mass is 10.1. The first-order valence-corrected chi connectivity index (χ1v) is 13.3. The molecule has 0 radical (unpaired) electrons. The standard InChI is InChI=1S/C27H22N4O7S/c1-39(36,37)24-14-12-23(13-15-24)30-17-21(27(29-30)20-5-3-2-4-6-20)9-16-25(32)19-7-10-22(11-8-19)28-26(33)18-38-31(34)35/h2-17H,18H2,1H3,(H,28,33)/b16-9+. The molecule has 0 aliphatic rings. The van der Waals surface area contributed by atoms with Gasteiger partial charge in [-0.25, -0.2) is 13.1 Å². The molecular formula is C27H22N4O7S. The van der Waals surface area contributed by atoms with Crippen LogP contribution in [0.1, 0.15) is 15.9 Å². The fourth-order valence-corrected chi connectivity index (χ4v) is 4.23. The summed E-state index contributed by atoms with van der Waals surface area (Å²) >= 11 is 0. The summed E-state index contributed by atoms with van der Waals surface area (Å²) in [6, 6.07) is 21.8. The normalized spacial score (nSPS) is 11.3. The SMILES string of the molecule is CS(=O)(=O)c1ccc(-n2cc(/C=C/C(=O)c3ccc(NC(=O)CO[N+](=O)[O-])cc3)c(-c3ccccc3)n2)cc1. The third kappa shape index (κ3) is 7.02. The second-order valence-corrected chi connectivity index (χ2v) is 10.3. The second-order valence-electron chi connectivity index (χ2n) is 8.33. The number of hydrogen-bond acceptors (Lipinski definition) is 8. The number of carbonyl (C=O) groups is 2. The number of allylic oxidation sites excluding steroid dienone is 1. The Morgan fingerprint density at radius 3 is 2.31 bits per heavy atom. The molecule has 0 atom stereocenters. The maximum absolute atomic E-state index is 12.8. The van der Waals surface area contributed by atoms with E-state index >= 15 is 0 Å². The number of nitrogens with zero attached hydrogens (tertiary/aromatic N) is 3. The quantitative estimate of drug-likeness (QED) is 0.136. The van der Waals surface area contributed by atoms with E-state index in [1.165, 1.54) is 42.5 Å². The second kappa shape index (κ2) is 11.5. The number of ketones is 1. The lowest BCUT2D eigenvalue weighted by Gasteiger charge is -2.05. The maximum atomic E-state index is 12.8. The van der Waals surface area contributed by atoms with E-state index < -0.39 is 27.4 Å². The van der Waals surface area contributed by atoms with Crippen molar-refractivity contribution >= 4 is 33.3 Å². The Bertz CT molecular complexity index is 1640. The lowest BCUT2D eigenvalue weighted by Crippen LogP contribution is -2.20. The molecule has 0 saturated carbocycles. The Hall–Kier alpha value is -5.10. The molecule has 11 nitrogen and oxygen atoms in total. The Morgan fingerprint density at radius 2 is 1.69 bits per heavy atom. The Balaban J connectivity index is 1.55. The molecule has 4 aromatic rings. The minimum Gasteiger partial charge on any atom is -0.324 e. The van der Waals surface area contributed by atoms with E-state index in [4.69, 9.17) is 0 Å². The van der Waals surface area contributed by atoms with Gasteiger partial charge < -0.3 is 10.2 Å². The van der Waals surface area contributed by atoms with Crippen LogP contribution in [0.5, 0.6) is 0 Å². The predicted octanol–water partition coefficient (Wildman–Crippen LogP) is 3.99. The summed E-state index contributed by atoms with van der Waals surface area (Å²) in [5.41, 5.74) is 3.47. The molecule has 39 heavy (non-hydrogen) atoms. The van der Waals surface area contributed by atoms with Gasteiger partial charge in [-0.15, -0.1) is 10.1 Å². The molecule has 4 rings (SSSR count). The highest BCUT2D eigenvalue weighted by atomic mass is 32.2. The van der Waals surface area contributed by atoms with Crippen LogP contribution in [0.25, 0.3) is 23.0 Å². The first-order chi connectivity index (χ1) is 18.6. The molecule has 1 amide bonds. The number of hydrogen-bond donors (Lipinski definition) is 1. The van der Waals surface area contributed by atoms with E-state index in [1.54, 1.807) is 29.1 Å². The van der Waals surface area contributed by atoms with Crippen molar-refractivity contribution < 1.29 is 27.9 Å². The number of aromatic nitrogens is 2. The Labute approximate surface area is 223 Å². The summed E-state index contributed by atoms with van der Waals surface area (Å²) in [6.45, 7) is -0.740. The molecule has 1 aromatic heterocycles. The average Bonchev–Trinajstić information content (AvgIpc) is 3.35. The molecule has 0 spiro atoms. The number of anilines is 1. The number of amides is 1. The summed E-state index contributed by atoms with van der Waals surface area (Å²) in [5.74, 6) is -1.00. The zero-order valence-corrected chi connectivity index (χ0v) is 21.4. The minimum absolute atomic E-state index is 0.197. The van der Waals surface area contributed by atoms with Gasteiger partial charge in [-0.1, -0.05) is 30.3 Å². The third-order valence-corrected chi connectivity index (χ3v) is 6.62. The van der Waals surface area contributed by atoms with E-state index in [9.17, 15) is 28.1 Å². The number of carbonyl (C=O) groups excluding carboxylic acids is 2. The van der Waals surface area contributed by atoms with Crippen LogP contribution < -0.4 is 5.32 Å². The van der Waals surface area contributed by atoms with Crippen LogP contribution in [-0.2, 0) is 19.5 Å².